The summed E-state index contributed by atoms with van der Waals surface area (Å²) in [4.78, 5) is 12.0. The van der Waals surface area contributed by atoms with Gasteiger partial charge in [0, 0.05) is 6.54 Å². The van der Waals surface area contributed by atoms with Crippen LogP contribution in [-0.4, -0.2) is 21.4 Å². The molecule has 0 spiro atoms. The molecule has 7 heteroatoms. The summed E-state index contributed by atoms with van der Waals surface area (Å²) in [7, 11) is -2.41. The van der Waals surface area contributed by atoms with E-state index in [0.717, 1.165) is 16.7 Å². The van der Waals surface area contributed by atoms with Gasteiger partial charge in [0.15, 0.2) is 5.76 Å². The number of sulfonamides is 1. The summed E-state index contributed by atoms with van der Waals surface area (Å²) >= 11 is 0. The van der Waals surface area contributed by atoms with E-state index in [-0.39, 0.29) is 10.9 Å². The third-order valence-corrected chi connectivity index (χ3v) is 4.56. The molecular formula is C15H18N2O4S. The molecule has 2 rings (SSSR count). The van der Waals surface area contributed by atoms with Crippen molar-refractivity contribution in [1.82, 2.24) is 10.0 Å². The van der Waals surface area contributed by atoms with E-state index in [1.165, 1.54) is 19.2 Å². The molecule has 0 aliphatic rings. The first-order valence-corrected chi connectivity index (χ1v) is 8.19. The normalized spacial score (nSPS) is 11.4. The van der Waals surface area contributed by atoms with Gasteiger partial charge in [0.25, 0.3) is 15.9 Å². The summed E-state index contributed by atoms with van der Waals surface area (Å²) in [6.45, 7) is 4.32. The summed E-state index contributed by atoms with van der Waals surface area (Å²) in [6, 6.07) is 8.54. The highest BCUT2D eigenvalue weighted by molar-refractivity contribution is 7.89. The Kier molecular flexibility index (Phi) is 4.68. The molecule has 0 fully saturated rings. The van der Waals surface area contributed by atoms with Gasteiger partial charge in [0.2, 0.25) is 5.09 Å². The van der Waals surface area contributed by atoms with E-state index >= 15 is 0 Å². The number of carbonyl (C=O) groups excluding carboxylic acids is 1. The van der Waals surface area contributed by atoms with E-state index in [9.17, 15) is 13.2 Å². The third-order valence-electron chi connectivity index (χ3n) is 3.28. The Bertz CT molecular complexity index is 794. The van der Waals surface area contributed by atoms with Crippen LogP contribution < -0.4 is 10.0 Å². The molecule has 0 atom stereocenters. The molecule has 0 bridgehead atoms. The predicted molar refractivity (Wildman–Crippen MR) is 82.0 cm³/mol. The zero-order chi connectivity index (χ0) is 16.3. The van der Waals surface area contributed by atoms with E-state index in [2.05, 4.69) is 10.0 Å². The number of hydrogen-bond acceptors (Lipinski definition) is 4. The van der Waals surface area contributed by atoms with Crippen LogP contribution in [0, 0.1) is 13.8 Å². The van der Waals surface area contributed by atoms with Crippen molar-refractivity contribution in [2.75, 3.05) is 7.05 Å². The molecule has 2 aromatic rings. The smallest absolute Gasteiger partial charge is 0.287 e. The molecular weight excluding hydrogens is 304 g/mol. The second kappa shape index (κ2) is 6.33. The topological polar surface area (TPSA) is 88.4 Å². The number of furan rings is 1. The Morgan fingerprint density at radius 2 is 1.91 bits per heavy atom. The molecule has 118 valence electrons. The number of hydrogen-bond donors (Lipinski definition) is 2. The largest absolute Gasteiger partial charge is 0.438 e. The van der Waals surface area contributed by atoms with E-state index < -0.39 is 15.9 Å². The van der Waals surface area contributed by atoms with Crippen molar-refractivity contribution in [2.24, 2.45) is 0 Å². The van der Waals surface area contributed by atoms with Gasteiger partial charge in [0.1, 0.15) is 0 Å². The van der Waals surface area contributed by atoms with Crippen molar-refractivity contribution in [3.63, 3.8) is 0 Å². The molecule has 22 heavy (non-hydrogen) atoms. The van der Waals surface area contributed by atoms with Crippen molar-refractivity contribution in [3.05, 3.63) is 52.8 Å². The molecule has 1 heterocycles. The zero-order valence-corrected chi connectivity index (χ0v) is 13.5. The molecule has 6 nitrogen and oxygen atoms in total. The first-order chi connectivity index (χ1) is 10.3. The minimum atomic E-state index is -3.69. The lowest BCUT2D eigenvalue weighted by molar-refractivity contribution is 0.0918. The highest BCUT2D eigenvalue weighted by Gasteiger charge is 2.19. The fourth-order valence-corrected chi connectivity index (χ4v) is 2.64. The number of amides is 1. The molecule has 2 N–H and O–H groups in total. The minimum Gasteiger partial charge on any atom is -0.438 e. The Hall–Kier alpha value is -2.12. The fraction of sp³-hybridized carbons (Fsp3) is 0.267. The Morgan fingerprint density at radius 3 is 2.55 bits per heavy atom. The molecule has 0 saturated heterocycles. The minimum absolute atomic E-state index is 0.0430. The first-order valence-electron chi connectivity index (χ1n) is 6.71. The lowest BCUT2D eigenvalue weighted by Crippen LogP contribution is -2.23. The zero-order valence-electron chi connectivity index (χ0n) is 12.6. The third kappa shape index (κ3) is 3.55. The summed E-state index contributed by atoms with van der Waals surface area (Å²) in [5.74, 6) is -0.504. The van der Waals surface area contributed by atoms with Gasteiger partial charge in [-0.1, -0.05) is 23.8 Å². The van der Waals surface area contributed by atoms with Gasteiger partial charge < -0.3 is 9.73 Å². The molecule has 1 aromatic heterocycles. The maximum atomic E-state index is 12.0. The van der Waals surface area contributed by atoms with Crippen LogP contribution >= 0.6 is 0 Å². The highest BCUT2D eigenvalue weighted by Crippen LogP contribution is 2.14. The van der Waals surface area contributed by atoms with Crippen molar-refractivity contribution < 1.29 is 17.6 Å². The van der Waals surface area contributed by atoms with Crippen LogP contribution in [0.25, 0.3) is 0 Å². The predicted octanol–water partition coefficient (Wildman–Crippen LogP) is 1.73. The quantitative estimate of drug-likeness (QED) is 0.877. The first kappa shape index (κ1) is 16.3. The molecule has 0 radical (unpaired) electrons. The van der Waals surface area contributed by atoms with Gasteiger partial charge in [-0.3, -0.25) is 4.79 Å². The maximum Gasteiger partial charge on any atom is 0.287 e. The van der Waals surface area contributed by atoms with E-state index in [1.54, 1.807) is 0 Å². The standard InChI is InChI=1S/C15H18N2O4S/c1-10-4-5-12(11(2)8-10)9-17-15(18)13-6-7-14(21-13)22(19,20)16-3/h4-8,16H,9H2,1-3H3,(H,17,18). The van der Waals surface area contributed by atoms with Crippen LogP contribution in [0.4, 0.5) is 0 Å². The molecule has 0 aliphatic heterocycles. The van der Waals surface area contributed by atoms with Gasteiger partial charge in [-0.2, -0.15) is 0 Å². The van der Waals surface area contributed by atoms with Crippen LogP contribution in [0.1, 0.15) is 27.2 Å². The average Bonchev–Trinajstić information content (AvgIpc) is 2.96. The van der Waals surface area contributed by atoms with Crippen LogP contribution in [0.2, 0.25) is 0 Å². The Morgan fingerprint density at radius 1 is 1.18 bits per heavy atom. The van der Waals surface area contributed by atoms with E-state index in [1.807, 2.05) is 32.0 Å². The average molecular weight is 322 g/mol. The molecule has 0 unspecified atom stereocenters. The van der Waals surface area contributed by atoms with Gasteiger partial charge in [-0.15, -0.1) is 0 Å². The van der Waals surface area contributed by atoms with Gasteiger partial charge in [-0.25, -0.2) is 13.1 Å². The number of carbonyl (C=O) groups is 1. The summed E-state index contributed by atoms with van der Waals surface area (Å²) in [5, 5.41) is 2.42. The molecule has 1 amide bonds. The SMILES string of the molecule is CNS(=O)(=O)c1ccc(C(=O)NCc2ccc(C)cc2C)o1. The van der Waals surface area contributed by atoms with Crippen LogP contribution in [-0.2, 0) is 16.6 Å². The highest BCUT2D eigenvalue weighted by atomic mass is 32.2. The summed E-state index contributed by atoms with van der Waals surface area (Å²) in [6.07, 6.45) is 0. The van der Waals surface area contributed by atoms with Crippen LogP contribution in [0.3, 0.4) is 0 Å². The lowest BCUT2D eigenvalue weighted by Gasteiger charge is -2.07. The summed E-state index contributed by atoms with van der Waals surface area (Å²) in [5.41, 5.74) is 3.23. The van der Waals surface area contributed by atoms with Crippen LogP contribution in [0.15, 0.2) is 39.8 Å². The Balaban J connectivity index is 2.07. The van der Waals surface area contributed by atoms with Crippen LogP contribution in [0.5, 0.6) is 0 Å². The van der Waals surface area contributed by atoms with Crippen molar-refractivity contribution in [1.29, 1.82) is 0 Å². The summed E-state index contributed by atoms with van der Waals surface area (Å²) < 4.78 is 30.3. The van der Waals surface area contributed by atoms with Gasteiger partial charge >= 0.3 is 0 Å². The second-order valence-corrected chi connectivity index (χ2v) is 6.76. The number of aryl methyl sites for hydroxylation is 2. The maximum absolute atomic E-state index is 12.0. The fourth-order valence-electron chi connectivity index (χ4n) is 1.99. The Labute approximate surface area is 129 Å². The van der Waals surface area contributed by atoms with Crippen molar-refractivity contribution in [3.8, 4) is 0 Å². The number of nitrogens with one attached hydrogen (secondary N) is 2. The molecule has 0 saturated carbocycles. The molecule has 1 aromatic carbocycles. The van der Waals surface area contributed by atoms with Gasteiger partial charge in [-0.05, 0) is 44.2 Å². The monoisotopic (exact) mass is 322 g/mol. The van der Waals surface area contributed by atoms with Crippen molar-refractivity contribution >= 4 is 15.9 Å². The molecule has 0 aliphatic carbocycles. The van der Waals surface area contributed by atoms with Gasteiger partial charge in [0.05, 0.1) is 0 Å². The number of rotatable bonds is 5. The second-order valence-electron chi connectivity index (χ2n) is 4.94. The number of benzene rings is 1. The van der Waals surface area contributed by atoms with E-state index in [0.29, 0.717) is 6.54 Å². The van der Waals surface area contributed by atoms with E-state index in [4.69, 9.17) is 4.42 Å². The lowest BCUT2D eigenvalue weighted by atomic mass is 10.1. The van der Waals surface area contributed by atoms with Crippen molar-refractivity contribution in [2.45, 2.75) is 25.5 Å².